The molecule has 1 aliphatic carbocycles. The number of benzene rings is 1. The topological polar surface area (TPSA) is 18.5 Å². The van der Waals surface area contributed by atoms with Gasteiger partial charge in [0.2, 0.25) is 8.32 Å². The second kappa shape index (κ2) is 17.9. The summed E-state index contributed by atoms with van der Waals surface area (Å²) in [6, 6.07) is 14.7. The molecule has 0 heterocycles. The number of hydrogen-bond acceptors (Lipinski definition) is 2. The minimum Gasteiger partial charge on any atom is -0.168 e. The van der Waals surface area contributed by atoms with Gasteiger partial charge in [-0.2, -0.15) is 17.5 Å². The Labute approximate surface area is 196 Å². The monoisotopic (exact) mass is 518 g/mol. The third-order valence-corrected chi connectivity index (χ3v) is 3.77. The van der Waals surface area contributed by atoms with Gasteiger partial charge in [-0.1, -0.05) is 6.07 Å². The molecule has 0 saturated carbocycles. The van der Waals surface area contributed by atoms with Crippen molar-refractivity contribution in [1.82, 2.24) is 0 Å². The van der Waals surface area contributed by atoms with Gasteiger partial charge in [0.05, 0.1) is 7.11 Å². The molecule has 2 radical (unpaired) electrons. The molecule has 0 aromatic heterocycles. The van der Waals surface area contributed by atoms with Crippen molar-refractivity contribution in [1.29, 1.82) is 0 Å². The maximum Gasteiger partial charge on any atom is -0.0809 e. The molecule has 0 unspecified atom stereocenters. The number of ether oxygens (including phenoxy) is 1. The molecule has 2 aromatic carbocycles. The van der Waals surface area contributed by atoms with Crippen molar-refractivity contribution in [2.75, 3.05) is 7.11 Å². The van der Waals surface area contributed by atoms with Gasteiger partial charge in [-0.15, -0.1) is 67.0 Å². The molecule has 0 atom stereocenters. The quantitative estimate of drug-likeness (QED) is 0.345. The number of rotatable bonds is 3. The minimum atomic E-state index is -1.50. The Kier molecular flexibility index (Phi) is 22.7. The molecule has 0 saturated heterocycles. The number of fused-ring (bicyclic) bond motifs is 1. The molecule has 0 fully saturated rings. The van der Waals surface area contributed by atoms with Gasteiger partial charge in [0.1, 0.15) is 0 Å². The van der Waals surface area contributed by atoms with Crippen molar-refractivity contribution in [3.63, 3.8) is 0 Å². The van der Waals surface area contributed by atoms with E-state index in [9.17, 15) is 0 Å². The zero-order chi connectivity index (χ0) is 17.3. The van der Waals surface area contributed by atoms with Gasteiger partial charge in [0.25, 0.3) is 0 Å². The van der Waals surface area contributed by atoms with Gasteiger partial charge in [-0.05, 0) is 31.2 Å². The van der Waals surface area contributed by atoms with Crippen LogP contribution in [0, 0.1) is 20.9 Å². The first-order valence-corrected chi connectivity index (χ1v) is 15.0. The molecule has 0 spiro atoms. The van der Waals surface area contributed by atoms with Gasteiger partial charge >= 0.3 is 30.2 Å². The van der Waals surface area contributed by atoms with E-state index in [0.29, 0.717) is 0 Å². The molecule has 1 aliphatic rings. The second-order valence-electron chi connectivity index (χ2n) is 5.85. The molecular weight excluding hydrogens is 491 g/mol. The molecule has 2 aromatic rings. The first-order chi connectivity index (χ1) is 11.0. The zero-order valence-electron chi connectivity index (χ0n) is 17.0. The minimum absolute atomic E-state index is 0. The summed E-state index contributed by atoms with van der Waals surface area (Å²) in [4.78, 5) is 0. The van der Waals surface area contributed by atoms with Crippen molar-refractivity contribution in [3.05, 3.63) is 81.0 Å². The normalized spacial score (nSPS) is 11.1. The third kappa shape index (κ3) is 12.8. The standard InChI is InChI=1S/C9H15O2Si.C9H7.2CH3.2ClH.Si.Zr/c1-10-8-6-5-7-9(8)11-12(2,3)4;1-2-5-9-7-3-6-8(9)4-1;;;;;;/h6H,5H2,1-4H3;1-7H;2*1H3;2*1H;;/q4*-1;;;;. The first-order valence-electron chi connectivity index (χ1n) is 7.39. The first kappa shape index (κ1) is 34.3. The SMILES string of the molecule is COC1=CC[C-]=C1O[Si](C)(C)C.Cl.Cl.[CH3-].[CH3-].[Si]=[Zr].c1ccc2[cH-]ccc2c1. The van der Waals surface area contributed by atoms with Crippen LogP contribution in [-0.4, -0.2) is 22.3 Å². The maximum atomic E-state index is 5.75. The van der Waals surface area contributed by atoms with Crippen LogP contribution in [-0.2, 0) is 32.5 Å². The Bertz CT molecular complexity index is 650. The fourth-order valence-corrected chi connectivity index (χ4v) is 2.84. The molecule has 2 nitrogen and oxygen atoms in total. The van der Waals surface area contributed by atoms with Crippen molar-refractivity contribution in [3.8, 4) is 0 Å². The van der Waals surface area contributed by atoms with E-state index in [-0.39, 0.29) is 39.7 Å². The Morgan fingerprint density at radius 3 is 2.19 bits per heavy atom. The molecule has 0 aliphatic heterocycles. The summed E-state index contributed by atoms with van der Waals surface area (Å²) in [6.45, 7) is 9.50. The van der Waals surface area contributed by atoms with Crippen molar-refractivity contribution >= 4 is 50.8 Å². The summed E-state index contributed by atoms with van der Waals surface area (Å²) >= 11 is 1.36. The summed E-state index contributed by atoms with van der Waals surface area (Å²) in [5, 5.41) is 2.66. The largest absolute Gasteiger partial charge is 0.168 e. The van der Waals surface area contributed by atoms with Gasteiger partial charge in [0, 0.05) is 0 Å². The predicted octanol–water partition coefficient (Wildman–Crippen LogP) is 6.38. The van der Waals surface area contributed by atoms with E-state index in [4.69, 9.17) is 9.16 Å². The van der Waals surface area contributed by atoms with E-state index in [2.05, 4.69) is 75.1 Å². The number of hydrogen-bond donors (Lipinski definition) is 0. The summed E-state index contributed by atoms with van der Waals surface area (Å²) in [7, 11) is 0.158. The van der Waals surface area contributed by atoms with Crippen LogP contribution in [0.3, 0.4) is 0 Å². The fourth-order valence-electron chi connectivity index (χ4n) is 2.05. The summed E-state index contributed by atoms with van der Waals surface area (Å²) < 4.78 is 10.9. The second-order valence-corrected chi connectivity index (χ2v) is 10.3. The maximum absolute atomic E-state index is 5.75. The van der Waals surface area contributed by atoms with Crippen LogP contribution in [0.25, 0.3) is 10.8 Å². The molecule has 152 valence electrons. The van der Waals surface area contributed by atoms with Gasteiger partial charge < -0.3 is 24.0 Å². The fraction of sp³-hybridized carbons (Fsp3) is 0.250. The Hall–Kier alpha value is -0.193. The number of methoxy groups -OCH3 is 1. The Balaban J connectivity index is -0.000000160. The van der Waals surface area contributed by atoms with Crippen molar-refractivity contribution in [2.24, 2.45) is 0 Å². The van der Waals surface area contributed by atoms with Crippen molar-refractivity contribution < 1.29 is 32.5 Å². The van der Waals surface area contributed by atoms with E-state index >= 15 is 0 Å². The van der Waals surface area contributed by atoms with Gasteiger partial charge in [-0.3, -0.25) is 0 Å². The van der Waals surface area contributed by atoms with Crippen LogP contribution >= 0.6 is 24.8 Å². The predicted molar refractivity (Wildman–Crippen MR) is 124 cm³/mol. The summed E-state index contributed by atoms with van der Waals surface area (Å²) in [6.07, 6.45) is 5.92. The summed E-state index contributed by atoms with van der Waals surface area (Å²) in [5.74, 6) is 1.63. The average molecular weight is 521 g/mol. The smallest absolute Gasteiger partial charge is 0.0809 e. The van der Waals surface area contributed by atoms with Crippen LogP contribution in [0.4, 0.5) is 0 Å². The van der Waals surface area contributed by atoms with Crippen LogP contribution in [0.1, 0.15) is 6.42 Å². The van der Waals surface area contributed by atoms with E-state index in [1.807, 2.05) is 6.08 Å². The van der Waals surface area contributed by atoms with Gasteiger partial charge in [0.15, 0.2) is 0 Å². The molecular formula is C20H30Cl2O2Si2Zr-4. The van der Waals surface area contributed by atoms with E-state index in [1.54, 1.807) is 7.11 Å². The summed E-state index contributed by atoms with van der Waals surface area (Å²) in [5.41, 5.74) is 0. The zero-order valence-corrected chi connectivity index (χ0v) is 23.0. The number of halogens is 2. The molecule has 0 bridgehead atoms. The molecule has 3 rings (SSSR count). The van der Waals surface area contributed by atoms with Crippen LogP contribution in [0.5, 0.6) is 0 Å². The molecule has 7 heteroatoms. The Morgan fingerprint density at radius 2 is 1.67 bits per heavy atom. The van der Waals surface area contributed by atoms with E-state index in [1.165, 1.54) is 34.1 Å². The molecule has 0 amide bonds. The average Bonchev–Trinajstić information content (AvgIpc) is 3.16. The van der Waals surface area contributed by atoms with Crippen LogP contribution in [0.2, 0.25) is 19.6 Å². The van der Waals surface area contributed by atoms with Crippen molar-refractivity contribution in [2.45, 2.75) is 26.1 Å². The van der Waals surface area contributed by atoms with Crippen LogP contribution in [0.15, 0.2) is 60.1 Å². The van der Waals surface area contributed by atoms with Gasteiger partial charge in [-0.25, -0.2) is 6.08 Å². The van der Waals surface area contributed by atoms with E-state index < -0.39 is 8.32 Å². The van der Waals surface area contributed by atoms with E-state index in [0.717, 1.165) is 17.9 Å². The molecule has 0 N–H and O–H groups in total. The Morgan fingerprint density at radius 1 is 1.07 bits per heavy atom. The number of allylic oxidation sites excluding steroid dienone is 2. The van der Waals surface area contributed by atoms with Crippen LogP contribution < -0.4 is 0 Å². The third-order valence-electron chi connectivity index (χ3n) is 2.95. The molecule has 27 heavy (non-hydrogen) atoms.